The van der Waals surface area contributed by atoms with Gasteiger partial charge < -0.3 is 0 Å². The minimum atomic E-state index is -0.328. The average molecular weight is 281 g/mol. The van der Waals surface area contributed by atoms with Crippen LogP contribution in [0.4, 0.5) is 10.1 Å². The van der Waals surface area contributed by atoms with E-state index >= 15 is 0 Å². The third kappa shape index (κ3) is 2.97. The Balaban J connectivity index is 1.73. The Kier molecular flexibility index (Phi) is 3.47. The maximum absolute atomic E-state index is 12.8. The summed E-state index contributed by atoms with van der Waals surface area (Å²) < 4.78 is 12.8. The van der Waals surface area contributed by atoms with E-state index in [9.17, 15) is 9.18 Å². The van der Waals surface area contributed by atoms with Crippen molar-refractivity contribution in [2.75, 3.05) is 5.43 Å². The lowest BCUT2D eigenvalue weighted by atomic mass is 10.1. The first kappa shape index (κ1) is 13.1. The van der Waals surface area contributed by atoms with Crippen LogP contribution in [-0.4, -0.2) is 10.9 Å². The van der Waals surface area contributed by atoms with Crippen molar-refractivity contribution in [2.24, 2.45) is 0 Å². The van der Waals surface area contributed by atoms with Crippen molar-refractivity contribution in [1.29, 1.82) is 0 Å². The number of fused-ring (bicyclic) bond motifs is 1. The highest BCUT2D eigenvalue weighted by Gasteiger charge is 2.06. The zero-order chi connectivity index (χ0) is 14.7. The minimum absolute atomic E-state index is 0.308. The van der Waals surface area contributed by atoms with Gasteiger partial charge in [-0.1, -0.05) is 18.2 Å². The van der Waals surface area contributed by atoms with Gasteiger partial charge in [0.1, 0.15) is 5.82 Å². The van der Waals surface area contributed by atoms with E-state index in [1.165, 1.54) is 30.5 Å². The van der Waals surface area contributed by atoms with Crippen LogP contribution < -0.4 is 10.9 Å². The molecule has 0 bridgehead atoms. The quantitative estimate of drug-likeness (QED) is 0.725. The van der Waals surface area contributed by atoms with E-state index in [4.69, 9.17) is 0 Å². The number of amides is 1. The Morgan fingerprint density at radius 3 is 2.62 bits per heavy atom. The lowest BCUT2D eigenvalue weighted by molar-refractivity contribution is 0.0962. The molecule has 0 saturated carbocycles. The van der Waals surface area contributed by atoms with Crippen molar-refractivity contribution < 1.29 is 9.18 Å². The van der Waals surface area contributed by atoms with E-state index in [0.29, 0.717) is 11.3 Å². The predicted molar refractivity (Wildman–Crippen MR) is 79.2 cm³/mol. The van der Waals surface area contributed by atoms with Crippen LogP contribution >= 0.6 is 0 Å². The van der Waals surface area contributed by atoms with E-state index in [1.54, 1.807) is 6.07 Å². The van der Waals surface area contributed by atoms with Crippen LogP contribution in [0, 0.1) is 5.82 Å². The molecule has 21 heavy (non-hydrogen) atoms. The van der Waals surface area contributed by atoms with Crippen molar-refractivity contribution >= 4 is 22.5 Å². The molecule has 1 amide bonds. The zero-order valence-corrected chi connectivity index (χ0v) is 11.0. The fraction of sp³-hybridized carbons (Fsp3) is 0. The summed E-state index contributed by atoms with van der Waals surface area (Å²) in [4.78, 5) is 16.3. The molecule has 0 unspecified atom stereocenters. The number of nitrogens with one attached hydrogen (secondary N) is 2. The van der Waals surface area contributed by atoms with E-state index in [2.05, 4.69) is 15.8 Å². The normalized spacial score (nSPS) is 10.3. The SMILES string of the molecule is O=C(NNc1ccc(F)cc1)c1cnc2ccccc2c1. The van der Waals surface area contributed by atoms with Crippen molar-refractivity contribution in [3.05, 3.63) is 72.2 Å². The summed E-state index contributed by atoms with van der Waals surface area (Å²) in [6.07, 6.45) is 1.52. The van der Waals surface area contributed by atoms with Crippen LogP contribution in [0.5, 0.6) is 0 Å². The molecule has 0 saturated heterocycles. The van der Waals surface area contributed by atoms with Gasteiger partial charge in [0.15, 0.2) is 0 Å². The molecule has 2 N–H and O–H groups in total. The van der Waals surface area contributed by atoms with E-state index in [-0.39, 0.29) is 11.7 Å². The summed E-state index contributed by atoms with van der Waals surface area (Å²) in [5.41, 5.74) is 7.15. The van der Waals surface area contributed by atoms with Gasteiger partial charge in [0.05, 0.1) is 16.8 Å². The molecule has 0 radical (unpaired) electrons. The molecule has 2 aromatic carbocycles. The van der Waals surface area contributed by atoms with Gasteiger partial charge in [-0.3, -0.25) is 20.6 Å². The molecule has 0 fully saturated rings. The molecule has 104 valence electrons. The number of aromatic nitrogens is 1. The highest BCUT2D eigenvalue weighted by molar-refractivity contribution is 5.97. The molecule has 3 rings (SSSR count). The summed E-state index contributed by atoms with van der Waals surface area (Å²) in [6, 6.07) is 15.0. The number of rotatable bonds is 3. The predicted octanol–water partition coefficient (Wildman–Crippen LogP) is 3.13. The number of pyridine rings is 1. The Labute approximate surface area is 120 Å². The van der Waals surface area contributed by atoms with Gasteiger partial charge in [-0.05, 0) is 36.4 Å². The molecule has 4 nitrogen and oxygen atoms in total. The van der Waals surface area contributed by atoms with E-state index < -0.39 is 0 Å². The summed E-state index contributed by atoms with van der Waals surface area (Å²) in [6.45, 7) is 0. The number of hydrogen-bond acceptors (Lipinski definition) is 3. The maximum atomic E-state index is 12.8. The number of halogens is 1. The second-order valence-corrected chi connectivity index (χ2v) is 4.50. The van der Waals surface area contributed by atoms with Gasteiger partial charge in [-0.2, -0.15) is 0 Å². The third-order valence-electron chi connectivity index (χ3n) is 3.02. The second-order valence-electron chi connectivity index (χ2n) is 4.50. The molecule has 0 spiro atoms. The number of nitrogens with zero attached hydrogens (tertiary/aromatic N) is 1. The molecule has 0 aliphatic heterocycles. The van der Waals surface area contributed by atoms with Gasteiger partial charge in [0.25, 0.3) is 5.91 Å². The zero-order valence-electron chi connectivity index (χ0n) is 11.0. The molecule has 1 heterocycles. The third-order valence-corrected chi connectivity index (χ3v) is 3.02. The van der Waals surface area contributed by atoms with Crippen LogP contribution in [0.3, 0.4) is 0 Å². The van der Waals surface area contributed by atoms with Gasteiger partial charge in [0.2, 0.25) is 0 Å². The van der Waals surface area contributed by atoms with Crippen molar-refractivity contribution in [3.63, 3.8) is 0 Å². The maximum Gasteiger partial charge on any atom is 0.271 e. The number of carbonyl (C=O) groups excluding carboxylic acids is 1. The smallest absolute Gasteiger partial charge is 0.271 e. The Bertz CT molecular complexity index is 787. The Morgan fingerprint density at radius 1 is 1.05 bits per heavy atom. The Hall–Kier alpha value is -2.95. The second kappa shape index (κ2) is 5.58. The Morgan fingerprint density at radius 2 is 1.81 bits per heavy atom. The minimum Gasteiger partial charge on any atom is -0.298 e. The average Bonchev–Trinajstić information content (AvgIpc) is 2.53. The monoisotopic (exact) mass is 281 g/mol. The largest absolute Gasteiger partial charge is 0.298 e. The molecule has 0 aliphatic rings. The van der Waals surface area contributed by atoms with Gasteiger partial charge in [-0.15, -0.1) is 0 Å². The van der Waals surface area contributed by atoms with Crippen LogP contribution in [0.1, 0.15) is 10.4 Å². The van der Waals surface area contributed by atoms with Gasteiger partial charge >= 0.3 is 0 Å². The van der Waals surface area contributed by atoms with E-state index in [0.717, 1.165) is 10.9 Å². The molecule has 0 aliphatic carbocycles. The summed E-state index contributed by atoms with van der Waals surface area (Å²) in [5.74, 6) is -0.636. The first-order valence-corrected chi connectivity index (χ1v) is 6.39. The number of hydrogen-bond donors (Lipinski definition) is 2. The summed E-state index contributed by atoms with van der Waals surface area (Å²) in [5, 5.41) is 0.895. The van der Waals surface area contributed by atoms with Crippen LogP contribution in [0.2, 0.25) is 0 Å². The van der Waals surface area contributed by atoms with Gasteiger partial charge in [0, 0.05) is 11.6 Å². The molecule has 3 aromatic rings. The molecular weight excluding hydrogens is 269 g/mol. The van der Waals surface area contributed by atoms with Crippen molar-refractivity contribution in [2.45, 2.75) is 0 Å². The first-order chi connectivity index (χ1) is 10.2. The van der Waals surface area contributed by atoms with Crippen molar-refractivity contribution in [1.82, 2.24) is 10.4 Å². The highest BCUT2D eigenvalue weighted by atomic mass is 19.1. The topological polar surface area (TPSA) is 54.0 Å². The molecular formula is C16H12FN3O. The number of hydrazine groups is 1. The van der Waals surface area contributed by atoms with Crippen LogP contribution in [0.25, 0.3) is 10.9 Å². The summed E-state index contributed by atoms with van der Waals surface area (Å²) >= 11 is 0. The fourth-order valence-electron chi connectivity index (χ4n) is 1.93. The fourth-order valence-corrected chi connectivity index (χ4v) is 1.93. The van der Waals surface area contributed by atoms with Crippen molar-refractivity contribution in [3.8, 4) is 0 Å². The first-order valence-electron chi connectivity index (χ1n) is 6.39. The molecule has 0 atom stereocenters. The number of benzene rings is 2. The molecule has 1 aromatic heterocycles. The van der Waals surface area contributed by atoms with E-state index in [1.807, 2.05) is 24.3 Å². The number of carbonyl (C=O) groups is 1. The number of anilines is 1. The lowest BCUT2D eigenvalue weighted by Crippen LogP contribution is -2.29. The van der Waals surface area contributed by atoms with Gasteiger partial charge in [-0.25, -0.2) is 4.39 Å². The van der Waals surface area contributed by atoms with Crippen LogP contribution in [0.15, 0.2) is 60.8 Å². The lowest BCUT2D eigenvalue weighted by Gasteiger charge is -2.08. The molecule has 5 heteroatoms. The highest BCUT2D eigenvalue weighted by Crippen LogP contribution is 2.13. The summed E-state index contributed by atoms with van der Waals surface area (Å²) in [7, 11) is 0. The van der Waals surface area contributed by atoms with Crippen LogP contribution in [-0.2, 0) is 0 Å². The standard InChI is InChI=1S/C16H12FN3O/c17-13-5-7-14(8-6-13)19-20-16(21)12-9-11-3-1-2-4-15(11)18-10-12/h1-10,19H,(H,20,21). The number of para-hydroxylation sites is 1.